The summed E-state index contributed by atoms with van der Waals surface area (Å²) in [5.74, 6) is 0.844. The van der Waals surface area contributed by atoms with Crippen molar-refractivity contribution in [2.45, 2.75) is 20.0 Å². The summed E-state index contributed by atoms with van der Waals surface area (Å²) >= 11 is 0. The number of nitrogens with one attached hydrogen (secondary N) is 1. The van der Waals surface area contributed by atoms with Gasteiger partial charge in [0.1, 0.15) is 5.75 Å². The van der Waals surface area contributed by atoms with Crippen LogP contribution in [-0.4, -0.2) is 12.9 Å². The van der Waals surface area contributed by atoms with Gasteiger partial charge in [-0.2, -0.15) is 0 Å². The summed E-state index contributed by atoms with van der Waals surface area (Å²) in [5, 5.41) is 3.29. The van der Waals surface area contributed by atoms with E-state index in [-0.39, 0.29) is 5.78 Å². The lowest BCUT2D eigenvalue weighted by molar-refractivity contribution is 0.103. The first-order valence-corrected chi connectivity index (χ1v) is 6.71. The van der Waals surface area contributed by atoms with Crippen LogP contribution in [0.5, 0.6) is 5.75 Å². The van der Waals surface area contributed by atoms with E-state index in [9.17, 15) is 4.79 Å². The maximum Gasteiger partial charge on any atom is 0.193 e. The summed E-state index contributed by atoms with van der Waals surface area (Å²) in [6.45, 7) is 3.67. The molecule has 1 N–H and O–H groups in total. The first-order chi connectivity index (χ1) is 9.69. The highest BCUT2D eigenvalue weighted by Crippen LogP contribution is 2.22. The van der Waals surface area contributed by atoms with Crippen LogP contribution in [0.4, 0.5) is 0 Å². The first kappa shape index (κ1) is 12.9. The fraction of sp³-hybridized carbons (Fsp3) is 0.235. The Morgan fingerprint density at radius 3 is 2.65 bits per heavy atom. The highest BCUT2D eigenvalue weighted by Gasteiger charge is 2.16. The molecular weight excluding hydrogens is 250 g/mol. The van der Waals surface area contributed by atoms with Gasteiger partial charge in [-0.1, -0.05) is 12.1 Å². The number of fused-ring (bicyclic) bond motifs is 1. The fourth-order valence-electron chi connectivity index (χ4n) is 2.61. The predicted molar refractivity (Wildman–Crippen MR) is 78.1 cm³/mol. The van der Waals surface area contributed by atoms with E-state index in [0.29, 0.717) is 0 Å². The smallest absolute Gasteiger partial charge is 0.193 e. The third kappa shape index (κ3) is 2.21. The summed E-state index contributed by atoms with van der Waals surface area (Å²) in [5.41, 5.74) is 4.93. The molecule has 0 spiro atoms. The Morgan fingerprint density at radius 1 is 1.10 bits per heavy atom. The number of rotatable bonds is 3. The number of ether oxygens (including phenoxy) is 1. The molecule has 20 heavy (non-hydrogen) atoms. The number of hydrogen-bond acceptors (Lipinski definition) is 3. The molecule has 3 nitrogen and oxygen atoms in total. The minimum Gasteiger partial charge on any atom is -0.497 e. The Morgan fingerprint density at radius 2 is 1.90 bits per heavy atom. The Balaban J connectivity index is 1.96. The molecule has 102 valence electrons. The van der Waals surface area contributed by atoms with Crippen LogP contribution in [0.15, 0.2) is 36.4 Å². The van der Waals surface area contributed by atoms with Crippen molar-refractivity contribution >= 4 is 5.78 Å². The van der Waals surface area contributed by atoms with E-state index in [1.165, 1.54) is 11.1 Å². The summed E-state index contributed by atoms with van der Waals surface area (Å²) in [4.78, 5) is 12.6. The van der Waals surface area contributed by atoms with Gasteiger partial charge in [0.15, 0.2) is 5.78 Å². The van der Waals surface area contributed by atoms with Crippen LogP contribution in [0.2, 0.25) is 0 Å². The molecule has 0 aromatic heterocycles. The second-order valence-electron chi connectivity index (χ2n) is 5.10. The molecule has 2 aromatic carbocycles. The number of carbonyl (C=O) groups is 1. The summed E-state index contributed by atoms with van der Waals surface area (Å²) in [6, 6.07) is 11.5. The molecule has 3 heteroatoms. The van der Waals surface area contributed by atoms with Crippen molar-refractivity contribution in [3.05, 3.63) is 64.2 Å². The van der Waals surface area contributed by atoms with E-state index >= 15 is 0 Å². The number of aryl methyl sites for hydroxylation is 1. The standard InChI is InChI=1S/C17H17NO2/c1-11-7-15(20-2)5-6-16(11)17(19)12-3-4-13-9-18-10-14(13)8-12/h3-8,18H,9-10H2,1-2H3. The Bertz CT molecular complexity index is 677. The van der Waals surface area contributed by atoms with Crippen molar-refractivity contribution in [1.82, 2.24) is 5.32 Å². The summed E-state index contributed by atoms with van der Waals surface area (Å²) in [6.07, 6.45) is 0. The van der Waals surface area contributed by atoms with Crippen molar-refractivity contribution in [3.8, 4) is 5.75 Å². The number of ketones is 1. The van der Waals surface area contributed by atoms with E-state index in [0.717, 1.165) is 35.5 Å². The van der Waals surface area contributed by atoms with Gasteiger partial charge in [0.05, 0.1) is 7.11 Å². The van der Waals surface area contributed by atoms with Crippen LogP contribution < -0.4 is 10.1 Å². The Hall–Kier alpha value is -2.13. The lowest BCUT2D eigenvalue weighted by atomic mass is 9.96. The molecule has 1 heterocycles. The average molecular weight is 267 g/mol. The highest BCUT2D eigenvalue weighted by molar-refractivity contribution is 6.10. The van der Waals surface area contributed by atoms with Crippen molar-refractivity contribution < 1.29 is 9.53 Å². The number of benzene rings is 2. The monoisotopic (exact) mass is 267 g/mol. The predicted octanol–water partition coefficient (Wildman–Crippen LogP) is 2.84. The highest BCUT2D eigenvalue weighted by atomic mass is 16.5. The lowest BCUT2D eigenvalue weighted by Gasteiger charge is -2.08. The number of carbonyl (C=O) groups excluding carboxylic acids is 1. The molecule has 0 radical (unpaired) electrons. The first-order valence-electron chi connectivity index (χ1n) is 6.71. The maximum atomic E-state index is 12.6. The van der Waals surface area contributed by atoms with Crippen molar-refractivity contribution in [2.24, 2.45) is 0 Å². The van der Waals surface area contributed by atoms with Gasteiger partial charge in [-0.15, -0.1) is 0 Å². The lowest BCUT2D eigenvalue weighted by Crippen LogP contribution is -2.05. The molecule has 0 amide bonds. The fourth-order valence-corrected chi connectivity index (χ4v) is 2.61. The topological polar surface area (TPSA) is 38.3 Å². The summed E-state index contributed by atoms with van der Waals surface area (Å²) in [7, 11) is 1.63. The van der Waals surface area contributed by atoms with E-state index in [1.807, 2.05) is 43.3 Å². The maximum absolute atomic E-state index is 12.6. The van der Waals surface area contributed by atoms with Gasteiger partial charge in [-0.3, -0.25) is 4.79 Å². The zero-order valence-corrected chi connectivity index (χ0v) is 11.7. The molecule has 3 rings (SSSR count). The van der Waals surface area contributed by atoms with Gasteiger partial charge in [0.2, 0.25) is 0 Å². The van der Waals surface area contributed by atoms with E-state index in [4.69, 9.17) is 4.74 Å². The van der Waals surface area contributed by atoms with E-state index in [1.54, 1.807) is 7.11 Å². The normalized spacial score (nSPS) is 13.1. The molecule has 0 bridgehead atoms. The van der Waals surface area contributed by atoms with Gasteiger partial charge in [0, 0.05) is 24.2 Å². The van der Waals surface area contributed by atoms with Crippen molar-refractivity contribution in [3.63, 3.8) is 0 Å². The second-order valence-corrected chi connectivity index (χ2v) is 5.10. The molecule has 1 aliphatic rings. The van der Waals surface area contributed by atoms with Gasteiger partial charge in [0.25, 0.3) is 0 Å². The minimum absolute atomic E-state index is 0.0693. The van der Waals surface area contributed by atoms with Crippen LogP contribution in [0.3, 0.4) is 0 Å². The Kier molecular flexibility index (Phi) is 3.28. The SMILES string of the molecule is COc1ccc(C(=O)c2ccc3c(c2)CNC3)c(C)c1. The van der Waals surface area contributed by atoms with Crippen LogP contribution >= 0.6 is 0 Å². The third-order valence-corrected chi connectivity index (χ3v) is 3.78. The molecule has 0 fully saturated rings. The van der Waals surface area contributed by atoms with Gasteiger partial charge < -0.3 is 10.1 Å². The van der Waals surface area contributed by atoms with E-state index < -0.39 is 0 Å². The molecule has 2 aromatic rings. The largest absolute Gasteiger partial charge is 0.497 e. The molecule has 0 saturated carbocycles. The van der Waals surface area contributed by atoms with Gasteiger partial charge in [-0.05, 0) is 47.9 Å². The van der Waals surface area contributed by atoms with E-state index in [2.05, 4.69) is 5.32 Å². The zero-order valence-electron chi connectivity index (χ0n) is 11.7. The van der Waals surface area contributed by atoms with Crippen molar-refractivity contribution in [1.29, 1.82) is 0 Å². The van der Waals surface area contributed by atoms with Crippen LogP contribution in [-0.2, 0) is 13.1 Å². The average Bonchev–Trinajstić information content (AvgIpc) is 2.93. The van der Waals surface area contributed by atoms with Gasteiger partial charge in [-0.25, -0.2) is 0 Å². The zero-order chi connectivity index (χ0) is 14.1. The minimum atomic E-state index is 0.0693. The second kappa shape index (κ2) is 5.10. The summed E-state index contributed by atoms with van der Waals surface area (Å²) < 4.78 is 5.18. The molecule has 0 unspecified atom stereocenters. The molecule has 0 atom stereocenters. The quantitative estimate of drug-likeness (QED) is 0.869. The van der Waals surface area contributed by atoms with Gasteiger partial charge >= 0.3 is 0 Å². The molecule has 0 saturated heterocycles. The van der Waals surface area contributed by atoms with Crippen LogP contribution in [0.1, 0.15) is 32.6 Å². The third-order valence-electron chi connectivity index (χ3n) is 3.78. The van der Waals surface area contributed by atoms with Crippen LogP contribution in [0, 0.1) is 6.92 Å². The number of hydrogen-bond donors (Lipinski definition) is 1. The molecular formula is C17H17NO2. The Labute approximate surface area is 118 Å². The van der Waals surface area contributed by atoms with Crippen molar-refractivity contribution in [2.75, 3.05) is 7.11 Å². The number of methoxy groups -OCH3 is 1. The molecule has 0 aliphatic carbocycles. The molecule has 1 aliphatic heterocycles. The van der Waals surface area contributed by atoms with Crippen LogP contribution in [0.25, 0.3) is 0 Å².